The molecule has 0 radical (unpaired) electrons. The Morgan fingerprint density at radius 1 is 1.27 bits per heavy atom. The molecule has 1 atom stereocenters. The number of aryl methyl sites for hydroxylation is 2. The van der Waals surface area contributed by atoms with Gasteiger partial charge in [0.05, 0.1) is 6.54 Å². The average molecular weight is 416 g/mol. The van der Waals surface area contributed by atoms with E-state index in [1.165, 1.54) is 4.57 Å². The fourth-order valence-electron chi connectivity index (χ4n) is 3.03. The minimum atomic E-state index is -0.894. The van der Waals surface area contributed by atoms with Gasteiger partial charge in [0.1, 0.15) is 18.5 Å². The standard InChI is InChI=1S/C20H28N6O4/c1-13-5-7-15(8-6-13)30-12-14(27)11-26-16-17(25(4)20(29)23-18(16)28)22-19(26)21-9-10-24(2)3/h5-8,14,27H,9-12H2,1-4H3,(H,21,22)(H,23,28,29). The number of anilines is 1. The Hall–Kier alpha value is -3.11. The van der Waals surface area contributed by atoms with E-state index >= 15 is 0 Å². The molecular weight excluding hydrogens is 388 g/mol. The topological polar surface area (TPSA) is 117 Å². The van der Waals surface area contributed by atoms with E-state index in [9.17, 15) is 14.7 Å². The van der Waals surface area contributed by atoms with Crippen molar-refractivity contribution in [1.29, 1.82) is 0 Å². The second-order valence-electron chi connectivity index (χ2n) is 7.54. The number of aromatic nitrogens is 4. The maximum atomic E-state index is 12.5. The molecule has 0 saturated heterocycles. The molecule has 10 heteroatoms. The Morgan fingerprint density at radius 2 is 1.97 bits per heavy atom. The predicted molar refractivity (Wildman–Crippen MR) is 115 cm³/mol. The van der Waals surface area contributed by atoms with Gasteiger partial charge >= 0.3 is 5.69 Å². The third kappa shape index (κ3) is 4.89. The second kappa shape index (κ2) is 9.14. The van der Waals surface area contributed by atoms with Crippen LogP contribution in [0.1, 0.15) is 5.56 Å². The van der Waals surface area contributed by atoms with Crippen molar-refractivity contribution in [3.63, 3.8) is 0 Å². The summed E-state index contributed by atoms with van der Waals surface area (Å²) >= 11 is 0. The summed E-state index contributed by atoms with van der Waals surface area (Å²) in [7, 11) is 5.44. The number of imidazole rings is 1. The molecule has 0 amide bonds. The van der Waals surface area contributed by atoms with Gasteiger partial charge < -0.3 is 24.6 Å². The van der Waals surface area contributed by atoms with E-state index in [0.717, 1.165) is 12.1 Å². The monoisotopic (exact) mass is 416 g/mol. The lowest BCUT2D eigenvalue weighted by Gasteiger charge is -2.16. The summed E-state index contributed by atoms with van der Waals surface area (Å²) in [5, 5.41) is 13.7. The first kappa shape index (κ1) is 21.6. The number of aliphatic hydroxyl groups excluding tert-OH is 1. The molecule has 30 heavy (non-hydrogen) atoms. The molecule has 3 N–H and O–H groups in total. The number of hydrogen-bond donors (Lipinski definition) is 3. The van der Waals surface area contributed by atoms with Crippen LogP contribution in [0, 0.1) is 6.92 Å². The van der Waals surface area contributed by atoms with Crippen molar-refractivity contribution >= 4 is 17.1 Å². The normalized spacial score (nSPS) is 12.5. The Kier molecular flexibility index (Phi) is 6.58. The third-order valence-corrected chi connectivity index (χ3v) is 4.71. The predicted octanol–water partition coefficient (Wildman–Crippen LogP) is 0.145. The first-order chi connectivity index (χ1) is 14.3. The molecule has 1 aromatic carbocycles. The molecule has 162 valence electrons. The number of ether oxygens (including phenoxy) is 1. The zero-order valence-corrected chi connectivity index (χ0v) is 17.7. The van der Waals surface area contributed by atoms with E-state index < -0.39 is 17.4 Å². The Morgan fingerprint density at radius 3 is 2.63 bits per heavy atom. The van der Waals surface area contributed by atoms with Crippen molar-refractivity contribution in [3.05, 3.63) is 50.7 Å². The van der Waals surface area contributed by atoms with E-state index in [1.54, 1.807) is 11.6 Å². The van der Waals surface area contributed by atoms with Crippen LogP contribution in [0.2, 0.25) is 0 Å². The van der Waals surface area contributed by atoms with Crippen LogP contribution >= 0.6 is 0 Å². The molecule has 0 fully saturated rings. The molecule has 2 heterocycles. The van der Waals surface area contributed by atoms with Crippen molar-refractivity contribution < 1.29 is 9.84 Å². The maximum Gasteiger partial charge on any atom is 0.329 e. The lowest BCUT2D eigenvalue weighted by atomic mass is 10.2. The van der Waals surface area contributed by atoms with E-state index in [1.807, 2.05) is 50.2 Å². The highest BCUT2D eigenvalue weighted by molar-refractivity contribution is 5.74. The van der Waals surface area contributed by atoms with Crippen LogP contribution in [-0.4, -0.2) is 69.0 Å². The summed E-state index contributed by atoms with van der Waals surface area (Å²) in [6.07, 6.45) is -0.894. The van der Waals surface area contributed by atoms with Gasteiger partial charge in [-0.25, -0.2) is 4.79 Å². The molecule has 2 aromatic heterocycles. The first-order valence-corrected chi connectivity index (χ1v) is 9.72. The van der Waals surface area contributed by atoms with Gasteiger partial charge in [-0.1, -0.05) is 17.7 Å². The maximum absolute atomic E-state index is 12.5. The lowest BCUT2D eigenvalue weighted by Crippen LogP contribution is -2.31. The SMILES string of the molecule is Cc1ccc(OCC(O)Cn2c(NCCN(C)C)nc3c2c(=O)[nH]c(=O)n3C)cc1. The Bertz CT molecular complexity index is 1110. The van der Waals surface area contributed by atoms with Crippen LogP contribution in [0.3, 0.4) is 0 Å². The molecular formula is C20H28N6O4. The highest BCUT2D eigenvalue weighted by atomic mass is 16.5. The van der Waals surface area contributed by atoms with Crippen LogP contribution < -0.4 is 21.3 Å². The number of fused-ring (bicyclic) bond motifs is 1. The van der Waals surface area contributed by atoms with Crippen LogP contribution in [0.25, 0.3) is 11.2 Å². The van der Waals surface area contributed by atoms with Crippen LogP contribution in [0.4, 0.5) is 5.95 Å². The largest absolute Gasteiger partial charge is 0.491 e. The lowest BCUT2D eigenvalue weighted by molar-refractivity contribution is 0.0938. The number of aromatic amines is 1. The Labute approximate surface area is 173 Å². The number of likely N-dealkylation sites (N-methyl/N-ethyl adjacent to an activating group) is 1. The molecule has 0 bridgehead atoms. The molecule has 0 spiro atoms. The molecule has 0 aliphatic heterocycles. The zero-order chi connectivity index (χ0) is 21.8. The second-order valence-corrected chi connectivity index (χ2v) is 7.54. The summed E-state index contributed by atoms with van der Waals surface area (Å²) in [6, 6.07) is 7.53. The number of H-pyrrole nitrogens is 1. The molecule has 0 aliphatic rings. The van der Waals surface area contributed by atoms with Crippen molar-refractivity contribution in [2.45, 2.75) is 19.6 Å². The van der Waals surface area contributed by atoms with Crippen molar-refractivity contribution in [2.24, 2.45) is 7.05 Å². The van der Waals surface area contributed by atoms with Crippen LogP contribution in [-0.2, 0) is 13.6 Å². The van der Waals surface area contributed by atoms with E-state index in [2.05, 4.69) is 15.3 Å². The van der Waals surface area contributed by atoms with Gasteiger partial charge in [0, 0.05) is 20.1 Å². The van der Waals surface area contributed by atoms with Crippen LogP contribution in [0.5, 0.6) is 5.75 Å². The summed E-state index contributed by atoms with van der Waals surface area (Å²) in [5.74, 6) is 1.06. The minimum Gasteiger partial charge on any atom is -0.491 e. The van der Waals surface area contributed by atoms with Crippen molar-refractivity contribution in [1.82, 2.24) is 24.0 Å². The first-order valence-electron chi connectivity index (χ1n) is 9.72. The summed E-state index contributed by atoms with van der Waals surface area (Å²) in [5.41, 5.74) is 0.501. The number of benzene rings is 1. The highest BCUT2D eigenvalue weighted by Gasteiger charge is 2.19. The number of aliphatic hydroxyl groups is 1. The number of rotatable bonds is 9. The Balaban J connectivity index is 1.85. The molecule has 1 unspecified atom stereocenters. The van der Waals surface area contributed by atoms with Gasteiger partial charge in [-0.05, 0) is 33.2 Å². The third-order valence-electron chi connectivity index (χ3n) is 4.71. The molecule has 0 saturated carbocycles. The van der Waals surface area contributed by atoms with Crippen molar-refractivity contribution in [3.8, 4) is 5.75 Å². The van der Waals surface area contributed by atoms with Crippen molar-refractivity contribution in [2.75, 3.05) is 39.1 Å². The number of nitrogens with zero attached hydrogens (tertiary/aromatic N) is 4. The zero-order valence-electron chi connectivity index (χ0n) is 17.7. The quantitative estimate of drug-likeness (QED) is 0.454. The van der Waals surface area contributed by atoms with Gasteiger partial charge in [0.25, 0.3) is 5.56 Å². The smallest absolute Gasteiger partial charge is 0.329 e. The summed E-state index contributed by atoms with van der Waals surface area (Å²) in [4.78, 5) is 33.2. The highest BCUT2D eigenvalue weighted by Crippen LogP contribution is 2.17. The minimum absolute atomic E-state index is 0.0452. The van der Waals surface area contributed by atoms with Gasteiger partial charge in [-0.3, -0.25) is 14.3 Å². The van der Waals surface area contributed by atoms with Gasteiger partial charge in [0.15, 0.2) is 11.2 Å². The molecule has 0 aliphatic carbocycles. The van der Waals surface area contributed by atoms with Gasteiger partial charge in [0.2, 0.25) is 5.95 Å². The van der Waals surface area contributed by atoms with Gasteiger partial charge in [-0.15, -0.1) is 0 Å². The number of nitrogens with one attached hydrogen (secondary N) is 2. The fraction of sp³-hybridized carbons (Fsp3) is 0.450. The van der Waals surface area contributed by atoms with Crippen LogP contribution in [0.15, 0.2) is 33.9 Å². The molecule has 3 rings (SSSR count). The van der Waals surface area contributed by atoms with E-state index in [4.69, 9.17) is 4.74 Å². The summed E-state index contributed by atoms with van der Waals surface area (Å²) in [6.45, 7) is 3.44. The average Bonchev–Trinajstić information content (AvgIpc) is 3.04. The van der Waals surface area contributed by atoms with E-state index in [-0.39, 0.29) is 24.3 Å². The van der Waals surface area contributed by atoms with Gasteiger partial charge in [-0.2, -0.15) is 4.98 Å². The number of hydrogen-bond acceptors (Lipinski definition) is 7. The molecule has 3 aromatic rings. The summed E-state index contributed by atoms with van der Waals surface area (Å²) < 4.78 is 8.52. The molecule has 10 nitrogen and oxygen atoms in total. The van der Waals surface area contributed by atoms with E-state index in [0.29, 0.717) is 18.2 Å². The fourth-order valence-corrected chi connectivity index (χ4v) is 3.03.